The predicted molar refractivity (Wildman–Crippen MR) is 81.6 cm³/mol. The van der Waals surface area contributed by atoms with Gasteiger partial charge in [0.15, 0.2) is 0 Å². The molecule has 1 heterocycles. The van der Waals surface area contributed by atoms with Gasteiger partial charge in [0.1, 0.15) is 5.00 Å². The van der Waals surface area contributed by atoms with Crippen LogP contribution in [0.15, 0.2) is 23.6 Å². The number of hydrogen-bond donors (Lipinski definition) is 1. The van der Waals surface area contributed by atoms with Gasteiger partial charge in [-0.25, -0.2) is 4.79 Å². The smallest absolute Gasteiger partial charge is 0.341 e. The molecule has 2 bridgehead atoms. The van der Waals surface area contributed by atoms with Crippen molar-refractivity contribution in [1.82, 2.24) is 0 Å². The van der Waals surface area contributed by atoms with Gasteiger partial charge in [-0.15, -0.1) is 11.3 Å². The van der Waals surface area contributed by atoms with Crippen LogP contribution in [-0.2, 0) is 14.3 Å². The summed E-state index contributed by atoms with van der Waals surface area (Å²) < 4.78 is 4.94. The number of allylic oxidation sites excluding steroid dienone is 2. The van der Waals surface area contributed by atoms with Crippen LogP contribution in [0.2, 0.25) is 0 Å². The average Bonchev–Trinajstić information content (AvgIpc) is 3.21. The molecular formula is C16H16NO5S-. The molecule has 0 saturated heterocycles. The highest BCUT2D eigenvalue weighted by molar-refractivity contribution is 7.14. The lowest BCUT2D eigenvalue weighted by Gasteiger charge is -2.27. The molecule has 6 nitrogen and oxygen atoms in total. The summed E-state index contributed by atoms with van der Waals surface area (Å²) in [5.41, 5.74) is 0.286. The number of hydrogen-bond acceptors (Lipinski definition) is 6. The lowest BCUT2D eigenvalue weighted by atomic mass is 9.82. The molecule has 1 amide bonds. The van der Waals surface area contributed by atoms with E-state index in [1.807, 2.05) is 12.2 Å². The SMILES string of the molecule is CCOC(=O)c1ccsc1NC(=O)[C@H]1[C@@H](C(=O)[O-])[C@H]2C=C[C@@H]1C2. The molecule has 3 rings (SSSR count). The van der Waals surface area contributed by atoms with E-state index in [0.717, 1.165) is 0 Å². The van der Waals surface area contributed by atoms with Crippen LogP contribution in [0.4, 0.5) is 5.00 Å². The zero-order valence-corrected chi connectivity index (χ0v) is 13.3. The minimum Gasteiger partial charge on any atom is -0.550 e. The highest BCUT2D eigenvalue weighted by atomic mass is 32.1. The number of fused-ring (bicyclic) bond motifs is 2. The Labute approximate surface area is 137 Å². The Morgan fingerprint density at radius 1 is 1.30 bits per heavy atom. The van der Waals surface area contributed by atoms with Gasteiger partial charge in [-0.2, -0.15) is 0 Å². The molecule has 0 aromatic carbocycles. The van der Waals surface area contributed by atoms with Gasteiger partial charge in [-0.3, -0.25) is 4.79 Å². The van der Waals surface area contributed by atoms with Gasteiger partial charge < -0.3 is 20.0 Å². The summed E-state index contributed by atoms with van der Waals surface area (Å²) in [6, 6.07) is 1.58. The first-order chi connectivity index (χ1) is 11.0. The summed E-state index contributed by atoms with van der Waals surface area (Å²) in [4.78, 5) is 35.8. The number of carbonyl (C=O) groups is 3. The Balaban J connectivity index is 1.78. The molecule has 0 unspecified atom stereocenters. The molecule has 2 aliphatic rings. The zero-order valence-electron chi connectivity index (χ0n) is 12.5. The van der Waals surface area contributed by atoms with E-state index in [2.05, 4.69) is 5.32 Å². The fourth-order valence-corrected chi connectivity index (χ4v) is 4.25. The van der Waals surface area contributed by atoms with Crippen LogP contribution >= 0.6 is 11.3 Å². The molecule has 1 fully saturated rings. The van der Waals surface area contributed by atoms with E-state index in [1.54, 1.807) is 18.4 Å². The third-order valence-electron chi connectivity index (χ3n) is 4.43. The first-order valence-electron chi connectivity index (χ1n) is 7.47. The van der Waals surface area contributed by atoms with Crippen LogP contribution in [0.1, 0.15) is 23.7 Å². The van der Waals surface area contributed by atoms with Crippen molar-refractivity contribution in [2.45, 2.75) is 13.3 Å². The molecule has 1 aromatic rings. The number of esters is 1. The zero-order chi connectivity index (χ0) is 16.6. The van der Waals surface area contributed by atoms with E-state index >= 15 is 0 Å². The van der Waals surface area contributed by atoms with Gasteiger partial charge in [0.25, 0.3) is 0 Å². The summed E-state index contributed by atoms with van der Waals surface area (Å²) in [7, 11) is 0. The van der Waals surface area contributed by atoms with Crippen molar-refractivity contribution in [2.24, 2.45) is 23.7 Å². The summed E-state index contributed by atoms with van der Waals surface area (Å²) >= 11 is 1.21. The highest BCUT2D eigenvalue weighted by Gasteiger charge is 2.48. The number of thiophene rings is 1. The van der Waals surface area contributed by atoms with Crippen LogP contribution < -0.4 is 10.4 Å². The van der Waals surface area contributed by atoms with E-state index in [4.69, 9.17) is 4.74 Å². The van der Waals surface area contributed by atoms with E-state index in [9.17, 15) is 19.5 Å². The molecule has 1 aromatic heterocycles. The lowest BCUT2D eigenvalue weighted by Crippen LogP contribution is -2.42. The fraction of sp³-hybridized carbons (Fsp3) is 0.438. The Hall–Kier alpha value is -2.15. The fourth-order valence-electron chi connectivity index (χ4n) is 3.47. The Morgan fingerprint density at radius 2 is 2.00 bits per heavy atom. The highest BCUT2D eigenvalue weighted by Crippen LogP contribution is 2.48. The lowest BCUT2D eigenvalue weighted by molar-refractivity contribution is -0.313. The number of carboxylic acids is 1. The maximum Gasteiger partial charge on any atom is 0.341 e. The number of amides is 1. The monoisotopic (exact) mass is 334 g/mol. The quantitative estimate of drug-likeness (QED) is 0.641. The van der Waals surface area contributed by atoms with Gasteiger partial charge in [0.05, 0.1) is 18.1 Å². The molecule has 0 radical (unpaired) electrons. The molecule has 122 valence electrons. The normalized spacial score (nSPS) is 27.9. The number of nitrogens with one attached hydrogen (secondary N) is 1. The molecule has 0 spiro atoms. The second-order valence-corrected chi connectivity index (χ2v) is 6.61. The molecule has 0 aliphatic heterocycles. The van der Waals surface area contributed by atoms with Crippen molar-refractivity contribution in [1.29, 1.82) is 0 Å². The number of anilines is 1. The van der Waals surface area contributed by atoms with Crippen molar-refractivity contribution in [3.05, 3.63) is 29.2 Å². The standard InChI is InChI=1S/C16H17NO5S/c1-2-22-16(21)10-5-6-23-14(10)17-13(18)11-8-3-4-9(7-8)12(11)15(19)20/h3-6,8-9,11-12H,2,7H2,1H3,(H,17,18)(H,19,20)/p-1/t8-,9+,11-,12+/m1/s1. The second kappa shape index (κ2) is 6.16. The van der Waals surface area contributed by atoms with Crippen molar-refractivity contribution < 1.29 is 24.2 Å². The van der Waals surface area contributed by atoms with Gasteiger partial charge in [0, 0.05) is 11.9 Å². The minimum atomic E-state index is -1.20. The Bertz CT molecular complexity index is 680. The summed E-state index contributed by atoms with van der Waals surface area (Å²) in [5.74, 6) is -3.79. The number of rotatable bonds is 5. The molecule has 4 atom stereocenters. The Morgan fingerprint density at radius 3 is 2.65 bits per heavy atom. The van der Waals surface area contributed by atoms with Crippen LogP contribution in [0.5, 0.6) is 0 Å². The second-order valence-electron chi connectivity index (χ2n) is 5.69. The maximum atomic E-state index is 12.6. The number of aliphatic carboxylic acids is 1. The van der Waals surface area contributed by atoms with Crippen molar-refractivity contribution in [3.63, 3.8) is 0 Å². The molecule has 1 N–H and O–H groups in total. The maximum absolute atomic E-state index is 12.6. The molecule has 1 saturated carbocycles. The third-order valence-corrected chi connectivity index (χ3v) is 5.26. The number of carboxylic acid groups (broad SMARTS) is 1. The number of ether oxygens (including phenoxy) is 1. The van der Waals surface area contributed by atoms with E-state index in [-0.39, 0.29) is 29.9 Å². The van der Waals surface area contributed by atoms with Crippen molar-refractivity contribution in [2.75, 3.05) is 11.9 Å². The minimum absolute atomic E-state index is 0.0890. The van der Waals surface area contributed by atoms with Crippen LogP contribution in [0.25, 0.3) is 0 Å². The molecular weight excluding hydrogens is 318 g/mol. The summed E-state index contributed by atoms with van der Waals surface area (Å²) in [6.45, 7) is 1.95. The average molecular weight is 334 g/mol. The number of carbonyl (C=O) groups excluding carboxylic acids is 3. The molecule has 7 heteroatoms. The molecule has 23 heavy (non-hydrogen) atoms. The van der Waals surface area contributed by atoms with E-state index in [1.165, 1.54) is 11.3 Å². The first kappa shape index (κ1) is 15.7. The van der Waals surface area contributed by atoms with Gasteiger partial charge in [-0.1, -0.05) is 12.2 Å². The molecule has 2 aliphatic carbocycles. The summed E-state index contributed by atoms with van der Waals surface area (Å²) in [6.07, 6.45) is 4.41. The van der Waals surface area contributed by atoms with Crippen LogP contribution in [0.3, 0.4) is 0 Å². The predicted octanol–water partition coefficient (Wildman–Crippen LogP) is 1.05. The van der Waals surface area contributed by atoms with Crippen LogP contribution in [0, 0.1) is 23.7 Å². The Kier molecular flexibility index (Phi) is 4.21. The van der Waals surface area contributed by atoms with Crippen molar-refractivity contribution >= 4 is 34.2 Å². The van der Waals surface area contributed by atoms with Gasteiger partial charge >= 0.3 is 5.97 Å². The van der Waals surface area contributed by atoms with Gasteiger partial charge in [0.2, 0.25) is 5.91 Å². The van der Waals surface area contributed by atoms with Crippen molar-refractivity contribution in [3.8, 4) is 0 Å². The van der Waals surface area contributed by atoms with E-state index in [0.29, 0.717) is 11.4 Å². The largest absolute Gasteiger partial charge is 0.550 e. The third kappa shape index (κ3) is 2.76. The topological polar surface area (TPSA) is 95.5 Å². The first-order valence-corrected chi connectivity index (χ1v) is 8.35. The van der Waals surface area contributed by atoms with E-state index < -0.39 is 23.8 Å². The van der Waals surface area contributed by atoms with Crippen LogP contribution in [-0.4, -0.2) is 24.5 Å². The van der Waals surface area contributed by atoms with Gasteiger partial charge in [-0.05, 0) is 36.6 Å². The summed E-state index contributed by atoms with van der Waals surface area (Å²) in [5, 5.41) is 16.1.